The van der Waals surface area contributed by atoms with Gasteiger partial charge in [0.15, 0.2) is 5.78 Å². The van der Waals surface area contributed by atoms with Gasteiger partial charge in [-0.1, -0.05) is 0 Å². The lowest BCUT2D eigenvalue weighted by Gasteiger charge is -2.32. The summed E-state index contributed by atoms with van der Waals surface area (Å²) in [7, 11) is -5.40. The largest absolute Gasteiger partial charge is 0.790 e. The first-order valence-corrected chi connectivity index (χ1v) is 6.67. The molecule has 0 aliphatic rings. The van der Waals surface area contributed by atoms with Crippen LogP contribution in [0.15, 0.2) is 0 Å². The molecule has 20 heavy (non-hydrogen) atoms. The van der Waals surface area contributed by atoms with Gasteiger partial charge in [0.05, 0.1) is 14.4 Å². The maximum Gasteiger partial charge on any atom is 0.189 e. The molecule has 0 bridgehead atoms. The second-order valence-corrected chi connectivity index (χ2v) is 5.00. The molecule has 0 aliphatic carbocycles. The molecule has 0 amide bonds. The van der Waals surface area contributed by atoms with Gasteiger partial charge >= 0.3 is 0 Å². The molecule has 0 aromatic heterocycles. The maximum absolute atomic E-state index is 10.8. The first-order chi connectivity index (χ1) is 9.01. The van der Waals surface area contributed by atoms with Crippen molar-refractivity contribution in [3.63, 3.8) is 0 Å². The highest BCUT2D eigenvalue weighted by atomic mass is 31.2. The Morgan fingerprint density at radius 2 is 1.55 bits per heavy atom. The van der Waals surface area contributed by atoms with Crippen molar-refractivity contribution in [2.45, 2.75) is 30.5 Å². The number of rotatable bonds is 9. The van der Waals surface area contributed by atoms with E-state index in [-0.39, 0.29) is 0 Å². The molecule has 120 valence electrons. The number of carbonyl (C=O) groups is 1. The Morgan fingerprint density at radius 3 is 1.95 bits per heavy atom. The van der Waals surface area contributed by atoms with E-state index < -0.39 is 57.3 Å². The van der Waals surface area contributed by atoms with Gasteiger partial charge < -0.3 is 49.5 Å². The van der Waals surface area contributed by atoms with E-state index in [9.17, 15) is 39.6 Å². The van der Waals surface area contributed by atoms with Crippen molar-refractivity contribution in [3.05, 3.63) is 0 Å². The zero-order valence-electron chi connectivity index (χ0n) is 9.97. The fourth-order valence-corrected chi connectivity index (χ4v) is 1.50. The van der Waals surface area contributed by atoms with Crippen molar-refractivity contribution in [1.29, 1.82) is 0 Å². The molecule has 0 heterocycles. The lowest BCUT2D eigenvalue weighted by Crippen LogP contribution is -2.52. The monoisotopic (exact) mass is 318 g/mol. The number of phosphoric ester groups is 1. The van der Waals surface area contributed by atoms with E-state index >= 15 is 0 Å². The molecule has 0 aromatic carbocycles. The van der Waals surface area contributed by atoms with Crippen LogP contribution in [0.1, 0.15) is 0 Å². The molecule has 0 fully saturated rings. The van der Waals surface area contributed by atoms with E-state index in [1.807, 2.05) is 0 Å². The van der Waals surface area contributed by atoms with Crippen molar-refractivity contribution in [3.8, 4) is 0 Å². The smallest absolute Gasteiger partial charge is 0.189 e. The number of carbonyl (C=O) groups excluding carboxylic acids is 1. The zero-order chi connectivity index (χ0) is 16.1. The Morgan fingerprint density at radius 1 is 1.05 bits per heavy atom. The normalized spacial score (nSPS) is 20.0. The van der Waals surface area contributed by atoms with Gasteiger partial charge in [0, 0.05) is 0 Å². The summed E-state index contributed by atoms with van der Waals surface area (Å²) in [6, 6.07) is 0. The van der Waals surface area contributed by atoms with Crippen LogP contribution in [0.3, 0.4) is 0 Å². The van der Waals surface area contributed by atoms with Crippen LogP contribution < -0.4 is 9.79 Å². The predicted molar refractivity (Wildman–Crippen MR) is 55.7 cm³/mol. The summed E-state index contributed by atoms with van der Waals surface area (Å²) >= 11 is 0. The minimum absolute atomic E-state index is 1.14. The van der Waals surface area contributed by atoms with E-state index in [2.05, 4.69) is 4.52 Å². The Hall–Kier alpha value is -0.460. The van der Waals surface area contributed by atoms with Crippen LogP contribution in [-0.4, -0.2) is 80.2 Å². The van der Waals surface area contributed by atoms with E-state index in [0.29, 0.717) is 0 Å². The van der Waals surface area contributed by atoms with Crippen molar-refractivity contribution in [1.82, 2.24) is 0 Å². The standard InChI is InChI=1S/C8H17O11P/c9-1-3(10)5(12)7(14)8(15)6(13)4(11)2-19-20(16,17)18/h4-9,11-15H,1-2H2,(H2,16,17,18)/p-2/t4-,5-,6-,7+,8-/m1/s1. The van der Waals surface area contributed by atoms with E-state index in [1.54, 1.807) is 0 Å². The number of phosphoric acid groups is 1. The molecule has 0 saturated heterocycles. The minimum atomic E-state index is -5.40. The highest BCUT2D eigenvalue weighted by Crippen LogP contribution is 2.25. The molecule has 0 saturated carbocycles. The summed E-state index contributed by atoms with van der Waals surface area (Å²) in [4.78, 5) is 31.1. The van der Waals surface area contributed by atoms with Gasteiger partial charge in [-0.05, 0) is 0 Å². The number of ketones is 1. The van der Waals surface area contributed by atoms with Crippen LogP contribution in [0.4, 0.5) is 0 Å². The number of hydrogen-bond acceptors (Lipinski definition) is 11. The van der Waals surface area contributed by atoms with Crippen LogP contribution >= 0.6 is 7.82 Å². The number of Topliss-reactive ketones (excluding diaryl/α,β-unsaturated/α-hetero) is 1. The Balaban J connectivity index is 4.55. The van der Waals surface area contributed by atoms with Crippen molar-refractivity contribution in [2.75, 3.05) is 13.2 Å². The molecular weight excluding hydrogens is 303 g/mol. The van der Waals surface area contributed by atoms with Crippen LogP contribution in [-0.2, 0) is 13.9 Å². The second kappa shape index (κ2) is 8.10. The highest BCUT2D eigenvalue weighted by Gasteiger charge is 2.36. The van der Waals surface area contributed by atoms with Crippen molar-refractivity contribution < 1.29 is 54.3 Å². The van der Waals surface area contributed by atoms with Crippen molar-refractivity contribution in [2.24, 2.45) is 0 Å². The van der Waals surface area contributed by atoms with E-state index in [0.717, 1.165) is 0 Å². The summed E-state index contributed by atoms with van der Waals surface area (Å²) < 4.78 is 13.8. The lowest BCUT2D eigenvalue weighted by atomic mass is 9.97. The van der Waals surface area contributed by atoms with E-state index in [4.69, 9.17) is 10.2 Å². The summed E-state index contributed by atoms with van der Waals surface area (Å²) in [5, 5.41) is 54.8. The van der Waals surface area contributed by atoms with E-state index in [1.165, 1.54) is 0 Å². The summed E-state index contributed by atoms with van der Waals surface area (Å²) in [6.45, 7) is -2.33. The first kappa shape index (κ1) is 19.5. The highest BCUT2D eigenvalue weighted by molar-refractivity contribution is 7.43. The molecule has 11 nitrogen and oxygen atoms in total. The maximum atomic E-state index is 10.8. The third-order valence-electron chi connectivity index (χ3n) is 2.31. The Labute approximate surface area is 112 Å². The van der Waals surface area contributed by atoms with Gasteiger partial charge in [0.1, 0.15) is 37.1 Å². The average molecular weight is 318 g/mol. The minimum Gasteiger partial charge on any atom is -0.790 e. The number of aliphatic hydroxyl groups is 6. The van der Waals surface area contributed by atoms with Gasteiger partial charge in [0.2, 0.25) is 0 Å². The predicted octanol–water partition coefficient (Wildman–Crippen LogP) is -5.80. The molecule has 0 radical (unpaired) electrons. The van der Waals surface area contributed by atoms with Gasteiger partial charge in [-0.3, -0.25) is 4.79 Å². The Kier molecular flexibility index (Phi) is 7.91. The fraction of sp³-hybridized carbons (Fsp3) is 0.875. The third kappa shape index (κ3) is 6.33. The zero-order valence-corrected chi connectivity index (χ0v) is 10.9. The molecule has 0 unspecified atom stereocenters. The molecule has 6 N–H and O–H groups in total. The summed E-state index contributed by atoms with van der Waals surface area (Å²) in [5.41, 5.74) is 0. The molecule has 0 aliphatic heterocycles. The third-order valence-corrected chi connectivity index (χ3v) is 2.77. The molecule has 0 rings (SSSR count). The Bertz CT molecular complexity index is 354. The van der Waals surface area contributed by atoms with Gasteiger partial charge in [-0.2, -0.15) is 0 Å². The van der Waals surface area contributed by atoms with Crippen LogP contribution in [0.2, 0.25) is 0 Å². The number of aliphatic hydroxyl groups excluding tert-OH is 6. The van der Waals surface area contributed by atoms with Gasteiger partial charge in [-0.25, -0.2) is 0 Å². The second-order valence-electron chi connectivity index (χ2n) is 3.85. The summed E-state index contributed by atoms with van der Waals surface area (Å²) in [6.07, 6.45) is -11.1. The average Bonchev–Trinajstić information content (AvgIpc) is 2.39. The molecular formula is C8H15O11P-2. The SMILES string of the molecule is O=C(CO)[C@@H](O)[C@H](O)[C@H](O)[C@H](O)[C@H](O)COP(=O)([O-])[O-]. The van der Waals surface area contributed by atoms with Crippen LogP contribution in [0.25, 0.3) is 0 Å². The number of hydrogen-bond donors (Lipinski definition) is 6. The van der Waals surface area contributed by atoms with Crippen LogP contribution in [0, 0.1) is 0 Å². The molecule has 0 aromatic rings. The van der Waals surface area contributed by atoms with Crippen molar-refractivity contribution >= 4 is 13.6 Å². The molecule has 0 spiro atoms. The first-order valence-electron chi connectivity index (χ1n) is 5.21. The van der Waals surface area contributed by atoms with Gasteiger partial charge in [-0.15, -0.1) is 0 Å². The lowest BCUT2D eigenvalue weighted by molar-refractivity contribution is -0.343. The topological polar surface area (TPSA) is 211 Å². The quantitative estimate of drug-likeness (QED) is 0.220. The van der Waals surface area contributed by atoms with Gasteiger partial charge in [0.25, 0.3) is 0 Å². The fourth-order valence-electron chi connectivity index (χ4n) is 1.17. The summed E-state index contributed by atoms with van der Waals surface area (Å²) in [5.74, 6) is -1.25. The molecule has 12 heteroatoms. The van der Waals surface area contributed by atoms with Crippen LogP contribution in [0.5, 0.6) is 0 Å². The molecule has 5 atom stereocenters.